The number of methoxy groups -OCH3 is 2. The summed E-state index contributed by atoms with van der Waals surface area (Å²) in [5.41, 5.74) is 5.47. The van der Waals surface area contributed by atoms with Crippen LogP contribution in [0.4, 0.5) is 0 Å². The first-order valence-corrected chi connectivity index (χ1v) is 17.4. The summed E-state index contributed by atoms with van der Waals surface area (Å²) in [4.78, 5) is 0. The van der Waals surface area contributed by atoms with Gasteiger partial charge in [-0.1, -0.05) is 86.3 Å². The van der Waals surface area contributed by atoms with Crippen LogP contribution in [-0.4, -0.2) is 33.0 Å². The van der Waals surface area contributed by atoms with Crippen molar-refractivity contribution in [3.8, 4) is 11.5 Å². The molecule has 0 saturated heterocycles. The molecule has 0 atom stereocenters. The maximum Gasteiger partial charge on any atom is 0.188 e. The second-order valence-corrected chi connectivity index (χ2v) is 15.2. The highest BCUT2D eigenvalue weighted by atomic mass is 31.1. The largest absolute Gasteiger partial charge is 0.467 e. The number of ether oxygens (including phenoxy) is 4. The van der Waals surface area contributed by atoms with Gasteiger partial charge in [-0.05, 0) is 98.8 Å². The van der Waals surface area contributed by atoms with Crippen molar-refractivity contribution in [1.82, 2.24) is 0 Å². The molecular weight excluding hydrogens is 527 g/mol. The molecule has 0 aliphatic rings. The molecular formula is C36H59O4P. The van der Waals surface area contributed by atoms with Gasteiger partial charge in [0.2, 0.25) is 0 Å². The summed E-state index contributed by atoms with van der Waals surface area (Å²) in [6.07, 6.45) is 13.5. The molecule has 232 valence electrons. The fourth-order valence-electron chi connectivity index (χ4n) is 5.38. The minimum absolute atomic E-state index is 0.0253. The average molecular weight is 587 g/mol. The summed E-state index contributed by atoms with van der Waals surface area (Å²) >= 11 is 0. The van der Waals surface area contributed by atoms with E-state index in [1.165, 1.54) is 58.5 Å². The van der Waals surface area contributed by atoms with Crippen LogP contribution in [-0.2, 0) is 35.2 Å². The van der Waals surface area contributed by atoms with Crippen LogP contribution in [0.3, 0.4) is 0 Å². The van der Waals surface area contributed by atoms with Gasteiger partial charge in [-0.25, -0.2) is 0 Å². The highest BCUT2D eigenvalue weighted by molar-refractivity contribution is 7.74. The topological polar surface area (TPSA) is 36.9 Å². The monoisotopic (exact) mass is 586 g/mol. The molecule has 0 spiro atoms. The van der Waals surface area contributed by atoms with Gasteiger partial charge < -0.3 is 18.9 Å². The van der Waals surface area contributed by atoms with Crippen molar-refractivity contribution in [2.24, 2.45) is 0 Å². The first kappa shape index (κ1) is 35.6. The molecule has 0 bridgehead atoms. The third kappa shape index (κ3) is 10.9. The molecule has 0 fully saturated rings. The molecule has 2 aromatic carbocycles. The molecule has 0 N–H and O–H groups in total. The summed E-state index contributed by atoms with van der Waals surface area (Å²) in [6, 6.07) is 9.72. The van der Waals surface area contributed by atoms with Crippen LogP contribution in [0.5, 0.6) is 11.5 Å². The van der Waals surface area contributed by atoms with Crippen LogP contribution in [0.2, 0.25) is 0 Å². The Hall–Kier alpha value is -1.61. The normalized spacial score (nSPS) is 11.9. The molecule has 0 radical (unpaired) electrons. The molecule has 2 aromatic rings. The van der Waals surface area contributed by atoms with Crippen molar-refractivity contribution < 1.29 is 18.9 Å². The summed E-state index contributed by atoms with van der Waals surface area (Å²) < 4.78 is 24.0. The summed E-state index contributed by atoms with van der Waals surface area (Å²) in [7, 11) is 2.57. The zero-order valence-corrected chi connectivity index (χ0v) is 28.7. The molecule has 0 aliphatic carbocycles. The Morgan fingerprint density at radius 3 is 1.24 bits per heavy atom. The van der Waals surface area contributed by atoms with E-state index in [2.05, 4.69) is 72.7 Å². The van der Waals surface area contributed by atoms with Crippen LogP contribution in [0.1, 0.15) is 122 Å². The van der Waals surface area contributed by atoms with Crippen LogP contribution in [0.25, 0.3) is 0 Å². The number of benzene rings is 2. The molecule has 0 unspecified atom stereocenters. The Kier molecular flexibility index (Phi) is 16.3. The molecule has 4 nitrogen and oxygen atoms in total. The van der Waals surface area contributed by atoms with Crippen molar-refractivity contribution in [3.63, 3.8) is 0 Å². The van der Waals surface area contributed by atoms with Gasteiger partial charge in [0.25, 0.3) is 0 Å². The van der Waals surface area contributed by atoms with E-state index in [-0.39, 0.29) is 18.7 Å². The maximum atomic E-state index is 6.51. The van der Waals surface area contributed by atoms with Crippen LogP contribution in [0.15, 0.2) is 24.3 Å². The number of rotatable bonds is 20. The lowest BCUT2D eigenvalue weighted by Gasteiger charge is -2.36. The highest BCUT2D eigenvalue weighted by Gasteiger charge is 2.35. The van der Waals surface area contributed by atoms with Crippen molar-refractivity contribution in [1.29, 1.82) is 0 Å². The quantitative estimate of drug-likeness (QED) is 0.114. The van der Waals surface area contributed by atoms with E-state index < -0.39 is 7.92 Å². The molecule has 0 heterocycles. The second kappa shape index (κ2) is 18.8. The fraction of sp³-hybridized carbons (Fsp3) is 0.667. The lowest BCUT2D eigenvalue weighted by atomic mass is 10.0. The van der Waals surface area contributed by atoms with Crippen molar-refractivity contribution in [2.75, 3.05) is 27.8 Å². The fourth-order valence-corrected chi connectivity index (χ4v) is 8.50. The third-order valence-corrected chi connectivity index (χ3v) is 10.4. The highest BCUT2D eigenvalue weighted by Crippen LogP contribution is 2.53. The van der Waals surface area contributed by atoms with Crippen LogP contribution in [0, 0.1) is 0 Å². The third-order valence-electron chi connectivity index (χ3n) is 7.44. The van der Waals surface area contributed by atoms with Gasteiger partial charge in [0.1, 0.15) is 11.5 Å². The number of aryl methyl sites for hydroxylation is 4. The number of unbranched alkanes of at least 4 members (excludes halogenated alkanes) is 4. The minimum Gasteiger partial charge on any atom is -0.467 e. The molecule has 2 rings (SSSR count). The maximum absolute atomic E-state index is 6.51. The van der Waals surface area contributed by atoms with E-state index >= 15 is 0 Å². The zero-order valence-electron chi connectivity index (χ0n) is 27.8. The smallest absolute Gasteiger partial charge is 0.188 e. The van der Waals surface area contributed by atoms with Crippen LogP contribution >= 0.6 is 7.92 Å². The first-order valence-electron chi connectivity index (χ1n) is 16.1. The lowest BCUT2D eigenvalue weighted by Crippen LogP contribution is -2.30. The summed E-state index contributed by atoms with van der Waals surface area (Å²) in [5, 5.41) is 2.61. The second-order valence-electron chi connectivity index (χ2n) is 12.2. The molecule has 0 saturated carbocycles. The Morgan fingerprint density at radius 1 is 0.561 bits per heavy atom. The van der Waals surface area contributed by atoms with Gasteiger partial charge >= 0.3 is 0 Å². The van der Waals surface area contributed by atoms with Crippen molar-refractivity contribution in [3.05, 3.63) is 46.5 Å². The molecule has 0 aromatic heterocycles. The van der Waals surface area contributed by atoms with E-state index in [1.807, 2.05) is 0 Å². The van der Waals surface area contributed by atoms with Gasteiger partial charge in [-0.15, -0.1) is 0 Å². The van der Waals surface area contributed by atoms with E-state index in [0.717, 1.165) is 62.9 Å². The Balaban J connectivity index is 2.96. The summed E-state index contributed by atoms with van der Waals surface area (Å²) in [5.74, 6) is 2.04. The van der Waals surface area contributed by atoms with E-state index in [9.17, 15) is 0 Å². The van der Waals surface area contributed by atoms with Gasteiger partial charge in [0.05, 0.1) is 0 Å². The van der Waals surface area contributed by atoms with Gasteiger partial charge in [0, 0.05) is 24.8 Å². The van der Waals surface area contributed by atoms with Gasteiger partial charge in [-0.2, -0.15) is 0 Å². The van der Waals surface area contributed by atoms with Crippen molar-refractivity contribution >= 4 is 18.5 Å². The predicted molar refractivity (Wildman–Crippen MR) is 178 cm³/mol. The Bertz CT molecular complexity index is 952. The predicted octanol–water partition coefficient (Wildman–Crippen LogP) is 9.25. The zero-order chi connectivity index (χ0) is 30.3. The molecule has 0 aliphatic heterocycles. The summed E-state index contributed by atoms with van der Waals surface area (Å²) in [6.45, 7) is 16.7. The van der Waals surface area contributed by atoms with Gasteiger partial charge in [-0.3, -0.25) is 0 Å². The number of hydrogen-bond acceptors (Lipinski definition) is 4. The Morgan fingerprint density at radius 2 is 0.927 bits per heavy atom. The lowest BCUT2D eigenvalue weighted by molar-refractivity contribution is 0.0511. The first-order chi connectivity index (χ1) is 19.7. The van der Waals surface area contributed by atoms with Gasteiger partial charge in [0.15, 0.2) is 13.6 Å². The average Bonchev–Trinajstić information content (AvgIpc) is 2.94. The number of hydrogen-bond donors (Lipinski definition) is 0. The van der Waals surface area contributed by atoms with E-state index in [1.54, 1.807) is 14.2 Å². The van der Waals surface area contributed by atoms with Crippen molar-refractivity contribution in [2.45, 2.75) is 131 Å². The molecule has 0 amide bonds. The van der Waals surface area contributed by atoms with E-state index in [4.69, 9.17) is 18.9 Å². The molecule has 41 heavy (non-hydrogen) atoms. The molecule has 5 heteroatoms. The minimum atomic E-state index is -0.853. The van der Waals surface area contributed by atoms with E-state index in [0.29, 0.717) is 0 Å². The Labute approximate surface area is 253 Å². The SMILES string of the molecule is CCCCc1cc(CCCC)c(OCOC)c(P(c2cc(CCCC)cc(CCCC)c2OCOC)C(C)(C)C)c1. The standard InChI is InChI=1S/C36H59O4P/c1-10-14-18-28-22-30(20-16-12-3)34(39-26-37-8)32(24-28)41(36(5,6)7)33-25-29(19-15-11-2)23-31(21-17-13-4)35(33)40-27-38-9/h22-25H,10-21,26-27H2,1-9H3. The van der Waals surface area contributed by atoms with Crippen LogP contribution < -0.4 is 20.1 Å².